The van der Waals surface area contributed by atoms with Crippen LogP contribution in [0, 0.1) is 6.07 Å². The molecule has 0 aliphatic heterocycles. The average Bonchev–Trinajstić information content (AvgIpc) is 4.01. The molecule has 1 aliphatic carbocycles. The molecule has 1 aliphatic rings. The van der Waals surface area contributed by atoms with E-state index in [2.05, 4.69) is 103 Å². The van der Waals surface area contributed by atoms with Gasteiger partial charge in [0.25, 0.3) is 0 Å². The molecule has 0 aromatic heterocycles. The van der Waals surface area contributed by atoms with E-state index in [0.717, 1.165) is 50.4 Å². The first-order valence-electron chi connectivity index (χ1n) is 20.4. The predicted octanol–water partition coefficient (Wildman–Crippen LogP) is 12.5. The summed E-state index contributed by atoms with van der Waals surface area (Å²) in [6.07, 6.45) is 22.4. The van der Waals surface area contributed by atoms with Crippen LogP contribution in [0.1, 0.15) is 197 Å². The van der Waals surface area contributed by atoms with Gasteiger partial charge < -0.3 is 0 Å². The first-order valence-corrected chi connectivity index (χ1v) is 20.4. The largest absolute Gasteiger partial charge is 1.00 e. The number of hydrogen-bond donors (Lipinski definition) is 0. The maximum atomic E-state index is 13.0. The van der Waals surface area contributed by atoms with E-state index >= 15 is 0 Å². The van der Waals surface area contributed by atoms with Gasteiger partial charge in [0.05, 0.1) is 6.04 Å². The van der Waals surface area contributed by atoms with Crippen LogP contribution in [0.4, 0.5) is 0 Å². The second kappa shape index (κ2) is 40.0. The van der Waals surface area contributed by atoms with Gasteiger partial charge in [-0.05, 0) is 80.2 Å². The second-order valence-electron chi connectivity index (χ2n) is 12.9. The van der Waals surface area contributed by atoms with Crippen molar-refractivity contribution in [1.29, 1.82) is 0 Å². The van der Waals surface area contributed by atoms with Gasteiger partial charge in [-0.2, -0.15) is 30.3 Å². The van der Waals surface area contributed by atoms with Gasteiger partial charge in [-0.3, -0.25) is 14.6 Å². The van der Waals surface area contributed by atoms with Crippen molar-refractivity contribution in [1.82, 2.24) is 0 Å². The maximum absolute atomic E-state index is 13.0. The number of carbonyl (C=O) groups is 2. The average molecular weight is 754 g/mol. The number of Topliss-reactive ketones (excluding diaryl/α,β-unsaturated/α-hetero) is 1. The Balaban J connectivity index is -0.000000387. The molecule has 3 nitrogen and oxygen atoms in total. The third-order valence-electron chi connectivity index (χ3n) is 8.16. The summed E-state index contributed by atoms with van der Waals surface area (Å²) in [7, 11) is 0. The van der Waals surface area contributed by atoms with E-state index in [4.69, 9.17) is 0 Å². The SMILES string of the molecule is C.CC.CC/C=C(\CCC)c1ccc(C(C)C(=O)C(/C=C(\C)C=O)=NC2CC2)cc1.CC/C=C(\CCCC)c1cc[c-]cc1.CCCC.CCCC.[K+]. The van der Waals surface area contributed by atoms with E-state index < -0.39 is 0 Å². The Kier molecular flexibility index (Phi) is 43.8. The van der Waals surface area contributed by atoms with E-state index in [9.17, 15) is 9.59 Å². The van der Waals surface area contributed by atoms with Gasteiger partial charge in [-0.1, -0.05) is 164 Å². The molecule has 2 aromatic rings. The first-order chi connectivity index (χ1) is 24.7. The molecule has 3 rings (SSSR count). The van der Waals surface area contributed by atoms with E-state index in [-0.39, 0.29) is 76.6 Å². The third kappa shape index (κ3) is 28.4. The number of aldehydes is 1. The molecule has 1 saturated carbocycles. The number of benzene rings is 2. The zero-order valence-corrected chi connectivity index (χ0v) is 39.2. The number of unbranched alkanes of at least 4 members (excludes halogenated alkanes) is 3. The van der Waals surface area contributed by atoms with Crippen LogP contribution in [-0.4, -0.2) is 23.8 Å². The molecule has 0 bridgehead atoms. The summed E-state index contributed by atoms with van der Waals surface area (Å²) in [6, 6.07) is 19.9. The van der Waals surface area contributed by atoms with Crippen molar-refractivity contribution in [3.63, 3.8) is 0 Å². The Morgan fingerprint density at radius 1 is 0.755 bits per heavy atom. The van der Waals surface area contributed by atoms with Gasteiger partial charge in [-0.15, -0.1) is 5.56 Å². The van der Waals surface area contributed by atoms with E-state index in [1.165, 1.54) is 67.2 Å². The Morgan fingerprint density at radius 3 is 1.62 bits per heavy atom. The molecule has 0 N–H and O–H groups in total. The summed E-state index contributed by atoms with van der Waals surface area (Å²) in [6.45, 7) is 25.1. The first kappa shape index (κ1) is 58.0. The summed E-state index contributed by atoms with van der Waals surface area (Å²) in [4.78, 5) is 28.5. The molecule has 0 amide bonds. The molecule has 0 heterocycles. The molecule has 1 fully saturated rings. The van der Waals surface area contributed by atoms with Crippen molar-refractivity contribution in [2.75, 3.05) is 0 Å². The minimum absolute atomic E-state index is 0. The van der Waals surface area contributed by atoms with Crippen LogP contribution < -0.4 is 51.4 Å². The molecule has 4 heteroatoms. The van der Waals surface area contributed by atoms with Crippen LogP contribution in [0.3, 0.4) is 0 Å². The summed E-state index contributed by atoms with van der Waals surface area (Å²) in [5, 5.41) is 0. The van der Waals surface area contributed by atoms with Gasteiger partial charge in [0.1, 0.15) is 12.0 Å². The molecule has 0 saturated heterocycles. The van der Waals surface area contributed by atoms with Crippen LogP contribution in [0.15, 0.2) is 77.3 Å². The molecule has 294 valence electrons. The molecule has 1 atom stereocenters. The van der Waals surface area contributed by atoms with Crippen LogP contribution >= 0.6 is 0 Å². The van der Waals surface area contributed by atoms with Crippen LogP contribution in [0.5, 0.6) is 0 Å². The quantitative estimate of drug-likeness (QED) is 0.0531. The molecule has 0 spiro atoms. The Morgan fingerprint density at radius 2 is 1.23 bits per heavy atom. The number of allylic oxidation sites excluding steroid dienone is 6. The van der Waals surface area contributed by atoms with Gasteiger partial charge in [0.2, 0.25) is 0 Å². The van der Waals surface area contributed by atoms with Crippen molar-refractivity contribution in [2.45, 2.75) is 186 Å². The Hall–Kier alpha value is -1.69. The van der Waals surface area contributed by atoms with Crippen molar-refractivity contribution in [3.05, 3.63) is 95.1 Å². The van der Waals surface area contributed by atoms with Gasteiger partial charge in [-0.25, -0.2) is 0 Å². The zero-order valence-electron chi connectivity index (χ0n) is 36.0. The standard InChI is InChI=1S/C24H31NO2.C14H19.2C4H10.C2H6.CH4.K/c1-5-7-20(8-6-2)21-11-9-19(10-12-21)18(4)24(27)23(15-17(3)16-26)25-22-13-14-22;1-3-5-10-13(9-4-2)14-11-7-6-8-12-14;2*1-3-4-2;1-2;;/h7,9-12,15-16,18,22H,5-6,8,13-14H2,1-4H3;7-9,11-12H,3-5,10H2,1-2H3;2*3-4H2,1-2H3;1-2H3;1H4;/q;-1;;;;;+1/b17-15+,20-7+,25-23?;13-9+;;;;;. The number of rotatable bonds is 17. The van der Waals surface area contributed by atoms with Crippen molar-refractivity contribution in [3.8, 4) is 0 Å². The van der Waals surface area contributed by atoms with E-state index in [1.54, 1.807) is 13.0 Å². The fraction of sp³-hybridized carbons (Fsp3) is 0.571. The summed E-state index contributed by atoms with van der Waals surface area (Å²) >= 11 is 0. The summed E-state index contributed by atoms with van der Waals surface area (Å²) in [5.41, 5.74) is 7.38. The third-order valence-corrected chi connectivity index (χ3v) is 8.16. The Labute approximate surface area is 372 Å². The summed E-state index contributed by atoms with van der Waals surface area (Å²) in [5.74, 6) is -0.300. The minimum Gasteiger partial charge on any atom is -0.298 e. The monoisotopic (exact) mass is 754 g/mol. The van der Waals surface area contributed by atoms with Gasteiger partial charge in [0, 0.05) is 5.92 Å². The molecule has 1 unspecified atom stereocenters. The number of hydrogen-bond acceptors (Lipinski definition) is 3. The molecule has 2 aromatic carbocycles. The van der Waals surface area contributed by atoms with Gasteiger partial charge in [0.15, 0.2) is 5.78 Å². The number of ketones is 1. The number of nitrogens with zero attached hydrogens (tertiary/aromatic N) is 1. The fourth-order valence-corrected chi connectivity index (χ4v) is 4.64. The topological polar surface area (TPSA) is 46.5 Å². The van der Waals surface area contributed by atoms with Gasteiger partial charge >= 0.3 is 51.4 Å². The van der Waals surface area contributed by atoms with E-state index in [1.807, 2.05) is 45.0 Å². The maximum Gasteiger partial charge on any atom is 1.00 e. The van der Waals surface area contributed by atoms with Crippen LogP contribution in [-0.2, 0) is 9.59 Å². The van der Waals surface area contributed by atoms with Crippen LogP contribution in [0.2, 0.25) is 0 Å². The summed E-state index contributed by atoms with van der Waals surface area (Å²) < 4.78 is 0. The smallest absolute Gasteiger partial charge is 0.298 e. The number of aliphatic imine (C=N–C) groups is 1. The normalized spacial score (nSPS) is 13.0. The second-order valence-corrected chi connectivity index (χ2v) is 12.9. The van der Waals surface area contributed by atoms with Crippen molar-refractivity contribution >= 4 is 28.9 Å². The molecular formula is C49H80KNO2. The number of carbonyl (C=O) groups excluding carboxylic acids is 2. The zero-order chi connectivity index (χ0) is 38.9. The van der Waals surface area contributed by atoms with Crippen molar-refractivity contribution < 1.29 is 61.0 Å². The molecule has 53 heavy (non-hydrogen) atoms. The van der Waals surface area contributed by atoms with E-state index in [0.29, 0.717) is 11.3 Å². The van der Waals surface area contributed by atoms with Crippen LogP contribution in [0.25, 0.3) is 11.1 Å². The predicted molar refractivity (Wildman–Crippen MR) is 236 cm³/mol. The van der Waals surface area contributed by atoms with Crippen molar-refractivity contribution in [2.24, 2.45) is 4.99 Å². The Bertz CT molecular complexity index is 1260. The molecule has 0 radical (unpaired) electrons. The fourth-order valence-electron chi connectivity index (χ4n) is 4.64. The molecular weight excluding hydrogens is 674 g/mol. The minimum atomic E-state index is -0.281.